The van der Waals surface area contributed by atoms with E-state index in [0.717, 1.165) is 6.54 Å². The van der Waals surface area contributed by atoms with Gasteiger partial charge in [0.15, 0.2) is 0 Å². The van der Waals surface area contributed by atoms with Crippen LogP contribution in [0, 0.1) is 17.8 Å². The molecule has 0 unspecified atom stereocenters. The zero-order valence-electron chi connectivity index (χ0n) is 10.4. The summed E-state index contributed by atoms with van der Waals surface area (Å²) in [5.74, 6) is 7.43. The molecule has 15 heavy (non-hydrogen) atoms. The third-order valence-electron chi connectivity index (χ3n) is 3.40. The first-order valence-corrected chi connectivity index (χ1v) is 6.02. The van der Waals surface area contributed by atoms with E-state index >= 15 is 0 Å². The van der Waals surface area contributed by atoms with Gasteiger partial charge in [0.25, 0.3) is 0 Å². The Morgan fingerprint density at radius 3 is 2.13 bits per heavy atom. The fourth-order valence-electron chi connectivity index (χ4n) is 2.13. The van der Waals surface area contributed by atoms with Crippen LogP contribution in [0.1, 0.15) is 39.5 Å². The van der Waals surface area contributed by atoms with Crippen molar-refractivity contribution in [2.24, 2.45) is 5.92 Å². The summed E-state index contributed by atoms with van der Waals surface area (Å²) in [5.41, 5.74) is 0. The van der Waals surface area contributed by atoms with Crippen molar-refractivity contribution >= 4 is 0 Å². The lowest BCUT2D eigenvalue weighted by Crippen LogP contribution is -3.00. The highest BCUT2D eigenvalue weighted by Crippen LogP contribution is 2.15. The maximum atomic E-state index is 3.41. The van der Waals surface area contributed by atoms with Crippen molar-refractivity contribution in [3.8, 4) is 11.8 Å². The summed E-state index contributed by atoms with van der Waals surface area (Å²) >= 11 is 0. The van der Waals surface area contributed by atoms with E-state index in [1.165, 1.54) is 43.3 Å². The van der Waals surface area contributed by atoms with Gasteiger partial charge in [-0.05, 0) is 18.8 Å². The van der Waals surface area contributed by atoms with Gasteiger partial charge in [0.1, 0.15) is 6.54 Å². The molecule has 1 nitrogen and oxygen atoms in total. The molecule has 1 saturated heterocycles. The second-order valence-electron chi connectivity index (χ2n) is 4.77. The number of hydrogen-bond donors (Lipinski definition) is 0. The molecule has 1 fully saturated rings. The Labute approximate surface area is 112 Å². The molecule has 0 N–H and O–H groups in total. The monoisotopic (exact) mass is 321 g/mol. The fraction of sp³-hybridized carbons (Fsp3) is 0.846. The third-order valence-corrected chi connectivity index (χ3v) is 3.40. The molecule has 1 rings (SSSR count). The second-order valence-corrected chi connectivity index (χ2v) is 4.77. The minimum absolute atomic E-state index is 0. The van der Waals surface area contributed by atoms with Crippen LogP contribution in [0.25, 0.3) is 0 Å². The minimum Gasteiger partial charge on any atom is -1.00 e. The smallest absolute Gasteiger partial charge is 0.140 e. The lowest BCUT2D eigenvalue weighted by molar-refractivity contribution is -0.890. The lowest BCUT2D eigenvalue weighted by atomic mass is 10.0. The van der Waals surface area contributed by atoms with Gasteiger partial charge in [-0.15, -0.1) is 0 Å². The Balaban J connectivity index is 0.00000196. The van der Waals surface area contributed by atoms with E-state index in [9.17, 15) is 0 Å². The summed E-state index contributed by atoms with van der Waals surface area (Å²) in [6.45, 7) is 8.19. The predicted molar refractivity (Wildman–Crippen MR) is 61.9 cm³/mol. The van der Waals surface area contributed by atoms with Gasteiger partial charge in [-0.1, -0.05) is 19.8 Å². The van der Waals surface area contributed by atoms with Gasteiger partial charge < -0.3 is 28.5 Å². The summed E-state index contributed by atoms with van der Waals surface area (Å²) < 4.78 is 1.19. The van der Waals surface area contributed by atoms with Crippen LogP contribution in [-0.4, -0.2) is 31.2 Å². The number of rotatable bonds is 3. The molecule has 0 aromatic rings. The summed E-state index contributed by atoms with van der Waals surface area (Å²) in [4.78, 5) is 0. The maximum absolute atomic E-state index is 3.41. The fourth-order valence-corrected chi connectivity index (χ4v) is 2.13. The van der Waals surface area contributed by atoms with Crippen molar-refractivity contribution in [3.63, 3.8) is 0 Å². The molecular weight excluding hydrogens is 297 g/mol. The van der Waals surface area contributed by atoms with E-state index < -0.39 is 0 Å². The van der Waals surface area contributed by atoms with E-state index in [4.69, 9.17) is 0 Å². The van der Waals surface area contributed by atoms with Crippen molar-refractivity contribution in [3.05, 3.63) is 0 Å². The summed E-state index contributed by atoms with van der Waals surface area (Å²) in [7, 11) is 2.34. The van der Waals surface area contributed by atoms with Crippen LogP contribution in [0.2, 0.25) is 0 Å². The first-order chi connectivity index (χ1) is 6.70. The Morgan fingerprint density at radius 2 is 1.67 bits per heavy atom. The molecule has 88 valence electrons. The molecule has 1 heterocycles. The molecule has 0 saturated carbocycles. The van der Waals surface area contributed by atoms with Gasteiger partial charge in [0.2, 0.25) is 0 Å². The Bertz CT molecular complexity index is 216. The quantitative estimate of drug-likeness (QED) is 0.379. The van der Waals surface area contributed by atoms with Crippen LogP contribution in [-0.2, 0) is 0 Å². The number of hydrogen-bond acceptors (Lipinski definition) is 0. The number of halogens is 1. The molecule has 0 atom stereocenters. The van der Waals surface area contributed by atoms with Crippen molar-refractivity contribution < 1.29 is 28.5 Å². The topological polar surface area (TPSA) is 0 Å². The minimum atomic E-state index is 0. The standard InChI is InChI=1S/C13H24N.HI/c1-4-13(5-2)9-8-12-14(3)10-6-7-11-14;/h13H,4-7,10-12H2,1-3H3;1H/q+1;/p-1. The zero-order chi connectivity index (χ0) is 10.4. The molecule has 1 aliphatic heterocycles. The van der Waals surface area contributed by atoms with Gasteiger partial charge in [-0.2, -0.15) is 0 Å². The molecule has 0 aromatic heterocycles. The molecule has 0 aromatic carbocycles. The molecule has 0 amide bonds. The molecule has 0 bridgehead atoms. The highest BCUT2D eigenvalue weighted by molar-refractivity contribution is 5.03. The number of nitrogens with zero attached hydrogens (tertiary/aromatic N) is 1. The molecule has 1 aliphatic rings. The van der Waals surface area contributed by atoms with Crippen molar-refractivity contribution in [1.29, 1.82) is 0 Å². The van der Waals surface area contributed by atoms with E-state index in [-0.39, 0.29) is 24.0 Å². The predicted octanol–water partition coefficient (Wildman–Crippen LogP) is -0.330. The number of likely N-dealkylation sites (tertiary alicyclic amines) is 1. The van der Waals surface area contributed by atoms with Crippen LogP contribution in [0.4, 0.5) is 0 Å². The van der Waals surface area contributed by atoms with Crippen LogP contribution in [0.3, 0.4) is 0 Å². The highest BCUT2D eigenvalue weighted by Gasteiger charge is 2.25. The molecule has 2 heteroatoms. The van der Waals surface area contributed by atoms with Gasteiger partial charge in [-0.25, -0.2) is 0 Å². The normalized spacial score (nSPS) is 18.1. The van der Waals surface area contributed by atoms with Gasteiger partial charge in [0.05, 0.1) is 20.1 Å². The van der Waals surface area contributed by atoms with Gasteiger partial charge in [0, 0.05) is 18.8 Å². The second kappa shape index (κ2) is 7.51. The van der Waals surface area contributed by atoms with Crippen LogP contribution >= 0.6 is 0 Å². The van der Waals surface area contributed by atoms with E-state index in [2.05, 4.69) is 32.7 Å². The average Bonchev–Trinajstić information content (AvgIpc) is 2.60. The third kappa shape index (κ3) is 5.21. The Morgan fingerprint density at radius 1 is 1.13 bits per heavy atom. The molecule has 0 aliphatic carbocycles. The van der Waals surface area contributed by atoms with Crippen molar-refractivity contribution in [1.82, 2.24) is 0 Å². The largest absolute Gasteiger partial charge is 1.00 e. The van der Waals surface area contributed by atoms with Crippen LogP contribution in [0.5, 0.6) is 0 Å². The summed E-state index contributed by atoms with van der Waals surface area (Å²) in [6, 6.07) is 0. The van der Waals surface area contributed by atoms with Crippen LogP contribution < -0.4 is 24.0 Å². The van der Waals surface area contributed by atoms with Gasteiger partial charge >= 0.3 is 0 Å². The first kappa shape index (κ1) is 15.2. The Hall–Kier alpha value is 0.250. The molecular formula is C13H24IN. The summed E-state index contributed by atoms with van der Waals surface area (Å²) in [6.07, 6.45) is 5.19. The van der Waals surface area contributed by atoms with Gasteiger partial charge in [-0.3, -0.25) is 0 Å². The maximum Gasteiger partial charge on any atom is 0.140 e. The molecule has 0 spiro atoms. The summed E-state index contributed by atoms with van der Waals surface area (Å²) in [5, 5.41) is 0. The molecule has 0 radical (unpaired) electrons. The Kier molecular flexibility index (Phi) is 7.64. The van der Waals surface area contributed by atoms with Crippen LogP contribution in [0.15, 0.2) is 0 Å². The van der Waals surface area contributed by atoms with E-state index in [0.29, 0.717) is 5.92 Å². The first-order valence-electron chi connectivity index (χ1n) is 6.02. The number of quaternary nitrogens is 1. The van der Waals surface area contributed by atoms with E-state index in [1.54, 1.807) is 0 Å². The zero-order valence-corrected chi connectivity index (χ0v) is 12.5. The van der Waals surface area contributed by atoms with Crippen molar-refractivity contribution in [2.45, 2.75) is 39.5 Å². The SMILES string of the molecule is CCC(C#CC[N+]1(C)CCCC1)CC.[I-]. The average molecular weight is 321 g/mol. The van der Waals surface area contributed by atoms with Crippen molar-refractivity contribution in [2.75, 3.05) is 26.7 Å². The highest BCUT2D eigenvalue weighted by atomic mass is 127. The lowest BCUT2D eigenvalue weighted by Gasteiger charge is -2.26. The van der Waals surface area contributed by atoms with E-state index in [1.807, 2.05) is 0 Å².